The summed E-state index contributed by atoms with van der Waals surface area (Å²) in [5.41, 5.74) is 2.22. The van der Waals surface area contributed by atoms with Crippen LogP contribution in [-0.4, -0.2) is 24.6 Å². The second kappa shape index (κ2) is 8.96. The number of ether oxygens (including phenoxy) is 1. The van der Waals surface area contributed by atoms with Crippen molar-refractivity contribution in [3.05, 3.63) is 51.9 Å². The highest BCUT2D eigenvalue weighted by molar-refractivity contribution is 7.18. The Bertz CT molecular complexity index is 874. The summed E-state index contributed by atoms with van der Waals surface area (Å²) in [4.78, 5) is 24.8. The van der Waals surface area contributed by atoms with Gasteiger partial charge in [-0.3, -0.25) is 9.59 Å². The molecule has 3 rings (SSSR count). The van der Waals surface area contributed by atoms with Crippen LogP contribution in [0, 0.1) is 12.8 Å². The van der Waals surface area contributed by atoms with Gasteiger partial charge < -0.3 is 15.4 Å². The van der Waals surface area contributed by atoms with Gasteiger partial charge in [-0.25, -0.2) is 0 Å². The van der Waals surface area contributed by atoms with E-state index in [2.05, 4.69) is 15.4 Å². The molecular formula is C20H21F3N2O3S. The van der Waals surface area contributed by atoms with Crippen LogP contribution < -0.4 is 10.6 Å². The minimum absolute atomic E-state index is 0.00230. The number of carbonyl (C=O) groups is 2. The van der Waals surface area contributed by atoms with Gasteiger partial charge in [0.2, 0.25) is 5.91 Å². The quantitative estimate of drug-likeness (QED) is 0.657. The van der Waals surface area contributed by atoms with E-state index in [0.717, 1.165) is 24.0 Å². The molecule has 5 nitrogen and oxygen atoms in total. The maximum absolute atomic E-state index is 12.4. The number of carbonyl (C=O) groups excluding carboxylic acids is 2. The van der Waals surface area contributed by atoms with Crippen molar-refractivity contribution in [2.75, 3.05) is 11.9 Å². The van der Waals surface area contributed by atoms with Crippen molar-refractivity contribution < 1.29 is 27.5 Å². The summed E-state index contributed by atoms with van der Waals surface area (Å²) in [5, 5.41) is 6.32. The van der Waals surface area contributed by atoms with Gasteiger partial charge in [-0.2, -0.15) is 13.2 Å². The van der Waals surface area contributed by atoms with Gasteiger partial charge in [-0.05, 0) is 42.5 Å². The van der Waals surface area contributed by atoms with Gasteiger partial charge in [-0.15, -0.1) is 11.3 Å². The second-order valence-corrected chi connectivity index (χ2v) is 8.05. The molecule has 1 aromatic carbocycles. The smallest absolute Gasteiger partial charge is 0.367 e. The molecule has 29 heavy (non-hydrogen) atoms. The minimum atomic E-state index is -4.34. The van der Waals surface area contributed by atoms with Crippen molar-refractivity contribution in [2.24, 2.45) is 5.92 Å². The number of hydrogen-bond donors (Lipinski definition) is 2. The van der Waals surface area contributed by atoms with Crippen molar-refractivity contribution in [1.29, 1.82) is 0 Å². The van der Waals surface area contributed by atoms with E-state index in [0.29, 0.717) is 15.4 Å². The Kier molecular flexibility index (Phi) is 6.59. The van der Waals surface area contributed by atoms with Crippen LogP contribution in [0.25, 0.3) is 0 Å². The number of thiophene rings is 1. The van der Waals surface area contributed by atoms with E-state index < -0.39 is 12.8 Å². The highest BCUT2D eigenvalue weighted by Crippen LogP contribution is 2.32. The first-order valence-electron chi connectivity index (χ1n) is 9.13. The first-order chi connectivity index (χ1) is 13.7. The molecule has 2 N–H and O–H groups in total. The predicted molar refractivity (Wildman–Crippen MR) is 104 cm³/mol. The molecule has 1 aliphatic rings. The number of benzene rings is 1. The minimum Gasteiger partial charge on any atom is -0.367 e. The average molecular weight is 426 g/mol. The number of halogens is 3. The molecule has 0 bridgehead atoms. The molecular weight excluding hydrogens is 405 g/mol. The normalized spacial score (nSPS) is 13.9. The van der Waals surface area contributed by atoms with Gasteiger partial charge in [0.15, 0.2) is 0 Å². The molecule has 1 aliphatic carbocycles. The Morgan fingerprint density at radius 1 is 1.17 bits per heavy atom. The lowest BCUT2D eigenvalue weighted by Gasteiger charge is -2.09. The van der Waals surface area contributed by atoms with Crippen LogP contribution in [0.2, 0.25) is 0 Å². The van der Waals surface area contributed by atoms with E-state index in [9.17, 15) is 22.8 Å². The molecule has 1 saturated carbocycles. The van der Waals surface area contributed by atoms with Crippen LogP contribution in [0.3, 0.4) is 0 Å². The molecule has 0 radical (unpaired) electrons. The molecule has 156 valence electrons. The van der Waals surface area contributed by atoms with E-state index in [-0.39, 0.29) is 30.9 Å². The van der Waals surface area contributed by atoms with Crippen molar-refractivity contribution >= 4 is 28.2 Å². The number of amides is 2. The number of alkyl halides is 3. The molecule has 0 atom stereocenters. The monoisotopic (exact) mass is 426 g/mol. The lowest BCUT2D eigenvalue weighted by molar-refractivity contribution is -0.176. The number of nitrogens with one attached hydrogen (secondary N) is 2. The van der Waals surface area contributed by atoms with E-state index in [1.165, 1.54) is 11.3 Å². The molecule has 2 amide bonds. The Morgan fingerprint density at radius 2 is 1.83 bits per heavy atom. The van der Waals surface area contributed by atoms with Crippen molar-refractivity contribution in [3.8, 4) is 0 Å². The summed E-state index contributed by atoms with van der Waals surface area (Å²) in [6.45, 7) is 0.682. The van der Waals surface area contributed by atoms with E-state index in [4.69, 9.17) is 0 Å². The molecule has 0 aliphatic heterocycles. The fraction of sp³-hybridized carbons (Fsp3) is 0.400. The molecule has 1 aromatic heterocycles. The fourth-order valence-corrected chi connectivity index (χ4v) is 3.63. The average Bonchev–Trinajstić information content (AvgIpc) is 3.43. The van der Waals surface area contributed by atoms with Crippen LogP contribution in [0.4, 0.5) is 18.2 Å². The Hall–Kier alpha value is -2.39. The van der Waals surface area contributed by atoms with Gasteiger partial charge in [0.05, 0.1) is 16.5 Å². The van der Waals surface area contributed by atoms with Gasteiger partial charge in [0, 0.05) is 12.5 Å². The van der Waals surface area contributed by atoms with Crippen LogP contribution in [0.15, 0.2) is 30.3 Å². The zero-order valence-corrected chi connectivity index (χ0v) is 16.6. The zero-order valence-electron chi connectivity index (χ0n) is 15.8. The predicted octanol–water partition coefficient (Wildman–Crippen LogP) is 4.41. The number of rotatable bonds is 8. The molecule has 0 unspecified atom stereocenters. The fourth-order valence-electron chi connectivity index (χ4n) is 2.64. The van der Waals surface area contributed by atoms with Crippen molar-refractivity contribution in [2.45, 2.75) is 39.1 Å². The van der Waals surface area contributed by atoms with Crippen LogP contribution in [-0.2, 0) is 22.7 Å². The molecule has 1 heterocycles. The molecule has 0 saturated heterocycles. The number of hydrogen-bond acceptors (Lipinski definition) is 4. The van der Waals surface area contributed by atoms with Gasteiger partial charge in [-0.1, -0.05) is 24.3 Å². The van der Waals surface area contributed by atoms with Crippen molar-refractivity contribution in [1.82, 2.24) is 5.32 Å². The standard InChI is InChI=1S/C20H21F3N2O3S/c1-12-8-16(25-18(26)15-6-7-15)29-17(12)19(27)24-9-13-2-4-14(5-3-13)10-28-11-20(21,22)23/h2-5,8,15H,6-7,9-11H2,1H3,(H,24,27)(H,25,26). The summed E-state index contributed by atoms with van der Waals surface area (Å²) >= 11 is 1.24. The van der Waals surface area contributed by atoms with Gasteiger partial charge >= 0.3 is 6.18 Å². The van der Waals surface area contributed by atoms with Crippen LogP contribution in [0.5, 0.6) is 0 Å². The summed E-state index contributed by atoms with van der Waals surface area (Å²) in [6.07, 6.45) is -2.52. The second-order valence-electron chi connectivity index (χ2n) is 6.99. The molecule has 2 aromatic rings. The van der Waals surface area contributed by atoms with Gasteiger partial charge in [0.1, 0.15) is 6.61 Å². The number of anilines is 1. The summed E-state index contributed by atoms with van der Waals surface area (Å²) in [6, 6.07) is 8.58. The largest absolute Gasteiger partial charge is 0.411 e. The highest BCUT2D eigenvalue weighted by Gasteiger charge is 2.30. The van der Waals surface area contributed by atoms with Crippen molar-refractivity contribution in [3.63, 3.8) is 0 Å². The number of aryl methyl sites for hydroxylation is 1. The third-order valence-electron chi connectivity index (χ3n) is 4.33. The molecule has 9 heteroatoms. The highest BCUT2D eigenvalue weighted by atomic mass is 32.1. The first-order valence-corrected chi connectivity index (χ1v) is 9.95. The topological polar surface area (TPSA) is 67.4 Å². The van der Waals surface area contributed by atoms with E-state index in [1.807, 2.05) is 6.92 Å². The first kappa shape index (κ1) is 21.3. The Labute approximate surface area is 170 Å². The van der Waals surface area contributed by atoms with E-state index in [1.54, 1.807) is 30.3 Å². The lowest BCUT2D eigenvalue weighted by atomic mass is 10.1. The summed E-state index contributed by atoms with van der Waals surface area (Å²) in [7, 11) is 0. The van der Waals surface area contributed by atoms with Gasteiger partial charge in [0.25, 0.3) is 5.91 Å². The SMILES string of the molecule is Cc1cc(NC(=O)C2CC2)sc1C(=O)NCc1ccc(COCC(F)(F)F)cc1. The third-order valence-corrected chi connectivity index (χ3v) is 5.48. The summed E-state index contributed by atoms with van der Waals surface area (Å²) < 4.78 is 40.9. The van der Waals surface area contributed by atoms with E-state index >= 15 is 0 Å². The molecule has 1 fully saturated rings. The maximum atomic E-state index is 12.4. The van der Waals surface area contributed by atoms with Crippen LogP contribution in [0.1, 0.15) is 39.2 Å². The van der Waals surface area contributed by atoms with Crippen LogP contribution >= 0.6 is 11.3 Å². The third kappa shape index (κ3) is 6.57. The summed E-state index contributed by atoms with van der Waals surface area (Å²) in [5.74, 6) is -0.147. The molecule has 0 spiro atoms. The lowest BCUT2D eigenvalue weighted by Crippen LogP contribution is -2.22. The Balaban J connectivity index is 1.48. The zero-order chi connectivity index (χ0) is 21.0. The Morgan fingerprint density at radius 3 is 2.45 bits per heavy atom. The maximum Gasteiger partial charge on any atom is 0.411 e.